The third-order valence-electron chi connectivity index (χ3n) is 3.41. The van der Waals surface area contributed by atoms with E-state index in [-0.39, 0.29) is 5.78 Å². The van der Waals surface area contributed by atoms with Crippen LogP contribution in [0.15, 0.2) is 24.8 Å². The Bertz CT molecular complexity index is 270. The van der Waals surface area contributed by atoms with Crippen molar-refractivity contribution in [2.75, 3.05) is 4.43 Å². The van der Waals surface area contributed by atoms with Gasteiger partial charge in [0.15, 0.2) is 5.78 Å². The first kappa shape index (κ1) is 14.9. The summed E-state index contributed by atoms with van der Waals surface area (Å²) in [5.41, 5.74) is 0. The maximum Gasteiger partial charge on any atom is 0.155 e. The van der Waals surface area contributed by atoms with Gasteiger partial charge in [0.2, 0.25) is 0 Å². The predicted octanol–water partition coefficient (Wildman–Crippen LogP) is 4.71. The molecule has 0 saturated carbocycles. The fourth-order valence-corrected chi connectivity index (χ4v) is 2.96. The second kappa shape index (κ2) is 8.90. The summed E-state index contributed by atoms with van der Waals surface area (Å²) >= 11 is 2.44. The molecule has 0 amide bonds. The summed E-state index contributed by atoms with van der Waals surface area (Å²) in [6.07, 6.45) is 14.6. The quantitative estimate of drug-likeness (QED) is 0.194. The van der Waals surface area contributed by atoms with Gasteiger partial charge in [-0.15, -0.1) is 0 Å². The largest absolute Gasteiger partial charge is 0.295 e. The fourth-order valence-electron chi connectivity index (χ4n) is 2.42. The Morgan fingerprint density at radius 3 is 2.65 bits per heavy atom. The van der Waals surface area contributed by atoms with Gasteiger partial charge in [-0.05, 0) is 41.6 Å². The number of hydrogen-bond acceptors (Lipinski definition) is 1. The van der Waals surface area contributed by atoms with Crippen LogP contribution in [0, 0.1) is 11.8 Å². The van der Waals surface area contributed by atoms with Gasteiger partial charge < -0.3 is 0 Å². The second-order valence-corrected chi connectivity index (χ2v) is 5.99. The topological polar surface area (TPSA) is 17.1 Å². The highest BCUT2D eigenvalue weighted by Crippen LogP contribution is 2.30. The molecule has 0 aromatic rings. The summed E-state index contributed by atoms with van der Waals surface area (Å²) in [5, 5.41) is 0. The highest BCUT2D eigenvalue weighted by Gasteiger charge is 2.19. The number of hydrogen-bond donors (Lipinski definition) is 0. The molecule has 0 unspecified atom stereocenters. The van der Waals surface area contributed by atoms with Crippen molar-refractivity contribution in [1.29, 1.82) is 0 Å². The van der Waals surface area contributed by atoms with Gasteiger partial charge in [0, 0.05) is 6.42 Å². The van der Waals surface area contributed by atoms with Crippen LogP contribution in [0.2, 0.25) is 0 Å². The lowest BCUT2D eigenvalue weighted by Crippen LogP contribution is -2.04. The van der Waals surface area contributed by atoms with Crippen molar-refractivity contribution in [2.45, 2.75) is 44.9 Å². The molecule has 0 aromatic heterocycles. The second-order valence-electron chi connectivity index (χ2n) is 4.91. The van der Waals surface area contributed by atoms with Gasteiger partial charge in [0.1, 0.15) is 0 Å². The van der Waals surface area contributed by atoms with Crippen molar-refractivity contribution in [1.82, 2.24) is 0 Å². The van der Waals surface area contributed by atoms with Crippen LogP contribution in [0.5, 0.6) is 0 Å². The number of alkyl halides is 1. The molecule has 0 aromatic carbocycles. The van der Waals surface area contributed by atoms with E-state index in [0.717, 1.165) is 5.92 Å². The minimum Gasteiger partial charge on any atom is -0.295 e. The predicted molar refractivity (Wildman–Crippen MR) is 82.5 cm³/mol. The number of halogens is 1. The Hall–Kier alpha value is -0.120. The molecular formula is C15H23IO. The van der Waals surface area contributed by atoms with Gasteiger partial charge in [-0.2, -0.15) is 0 Å². The molecule has 1 aliphatic carbocycles. The van der Waals surface area contributed by atoms with Crippen molar-refractivity contribution in [3.63, 3.8) is 0 Å². The van der Waals surface area contributed by atoms with Crippen molar-refractivity contribution < 1.29 is 4.79 Å². The molecule has 2 heteroatoms. The maximum atomic E-state index is 11.3. The number of carbonyl (C=O) groups is 1. The van der Waals surface area contributed by atoms with E-state index in [1.165, 1.54) is 49.0 Å². The van der Waals surface area contributed by atoms with E-state index in [2.05, 4.69) is 41.3 Å². The molecule has 1 aliphatic rings. The van der Waals surface area contributed by atoms with Gasteiger partial charge >= 0.3 is 0 Å². The van der Waals surface area contributed by atoms with Gasteiger partial charge in [-0.1, -0.05) is 60.6 Å². The Labute approximate surface area is 119 Å². The van der Waals surface area contributed by atoms with E-state index < -0.39 is 0 Å². The molecule has 0 aliphatic heterocycles. The molecule has 0 fully saturated rings. The third-order valence-corrected chi connectivity index (χ3v) is 4.17. The van der Waals surface area contributed by atoms with Crippen LogP contribution in [0.1, 0.15) is 44.9 Å². The SMILES string of the molecule is C=CC(=O)C[C@H]1C=C[C@H](CCCCCCI)C1. The van der Waals surface area contributed by atoms with E-state index in [0.29, 0.717) is 12.3 Å². The molecule has 0 saturated heterocycles. The standard InChI is InChI=1S/C15H23IO/c1-2-15(17)12-14-9-8-13(11-14)7-5-3-4-6-10-16/h2,8-9,13-14H,1,3-7,10-12H2/t13-,14-/m0/s1. The Kier molecular flexibility index (Phi) is 7.82. The van der Waals surface area contributed by atoms with Gasteiger partial charge in [-0.3, -0.25) is 4.79 Å². The van der Waals surface area contributed by atoms with E-state index in [1.807, 2.05) is 0 Å². The van der Waals surface area contributed by atoms with Gasteiger partial charge in [0.05, 0.1) is 0 Å². The molecule has 0 N–H and O–H groups in total. The van der Waals surface area contributed by atoms with Crippen molar-refractivity contribution in [3.8, 4) is 0 Å². The minimum atomic E-state index is 0.183. The summed E-state index contributed by atoms with van der Waals surface area (Å²) in [6.45, 7) is 3.53. The summed E-state index contributed by atoms with van der Waals surface area (Å²) in [6, 6.07) is 0. The van der Waals surface area contributed by atoms with Crippen LogP contribution >= 0.6 is 22.6 Å². The van der Waals surface area contributed by atoms with E-state index in [4.69, 9.17) is 0 Å². The molecule has 1 rings (SSSR count). The third kappa shape index (κ3) is 6.39. The monoisotopic (exact) mass is 346 g/mol. The molecule has 0 heterocycles. The van der Waals surface area contributed by atoms with Crippen molar-refractivity contribution in [3.05, 3.63) is 24.8 Å². The van der Waals surface area contributed by atoms with E-state index in [9.17, 15) is 4.79 Å². The van der Waals surface area contributed by atoms with Crippen molar-refractivity contribution in [2.24, 2.45) is 11.8 Å². The van der Waals surface area contributed by atoms with Gasteiger partial charge in [-0.25, -0.2) is 0 Å². The normalized spacial score (nSPS) is 22.9. The average Bonchev–Trinajstić information content (AvgIpc) is 2.76. The molecule has 0 bridgehead atoms. The first-order valence-electron chi connectivity index (χ1n) is 6.65. The number of ketones is 1. The lowest BCUT2D eigenvalue weighted by molar-refractivity contribution is -0.115. The summed E-state index contributed by atoms with van der Waals surface area (Å²) < 4.78 is 1.28. The lowest BCUT2D eigenvalue weighted by Gasteiger charge is -2.10. The number of unbranched alkanes of at least 4 members (excludes halogenated alkanes) is 3. The Morgan fingerprint density at radius 2 is 1.94 bits per heavy atom. The zero-order chi connectivity index (χ0) is 12.5. The smallest absolute Gasteiger partial charge is 0.155 e. The molecule has 2 atom stereocenters. The van der Waals surface area contributed by atoms with Gasteiger partial charge in [0.25, 0.3) is 0 Å². The van der Waals surface area contributed by atoms with Crippen LogP contribution in [-0.2, 0) is 4.79 Å². The first-order chi connectivity index (χ1) is 8.26. The minimum absolute atomic E-state index is 0.183. The summed E-state index contributed by atoms with van der Waals surface area (Å²) in [4.78, 5) is 11.3. The van der Waals surface area contributed by atoms with Crippen LogP contribution in [0.3, 0.4) is 0 Å². The number of allylic oxidation sites excluding steroid dienone is 3. The Balaban J connectivity index is 2.08. The molecule has 17 heavy (non-hydrogen) atoms. The number of rotatable bonds is 9. The molecular weight excluding hydrogens is 323 g/mol. The van der Waals surface area contributed by atoms with Crippen LogP contribution < -0.4 is 0 Å². The maximum absolute atomic E-state index is 11.3. The first-order valence-corrected chi connectivity index (χ1v) is 8.18. The zero-order valence-corrected chi connectivity index (χ0v) is 12.7. The van der Waals surface area contributed by atoms with Crippen LogP contribution in [-0.4, -0.2) is 10.2 Å². The van der Waals surface area contributed by atoms with Crippen molar-refractivity contribution >= 4 is 28.4 Å². The number of carbonyl (C=O) groups excluding carboxylic acids is 1. The zero-order valence-electron chi connectivity index (χ0n) is 10.5. The molecule has 0 spiro atoms. The Morgan fingerprint density at radius 1 is 1.24 bits per heavy atom. The molecule has 1 nitrogen and oxygen atoms in total. The summed E-state index contributed by atoms with van der Waals surface area (Å²) in [5.74, 6) is 1.37. The fraction of sp³-hybridized carbons (Fsp3) is 0.667. The summed E-state index contributed by atoms with van der Waals surface area (Å²) in [7, 11) is 0. The van der Waals surface area contributed by atoms with Crippen LogP contribution in [0.4, 0.5) is 0 Å². The molecule has 96 valence electrons. The highest BCUT2D eigenvalue weighted by atomic mass is 127. The van der Waals surface area contributed by atoms with E-state index in [1.54, 1.807) is 0 Å². The lowest BCUT2D eigenvalue weighted by atomic mass is 9.94. The van der Waals surface area contributed by atoms with Crippen LogP contribution in [0.25, 0.3) is 0 Å². The highest BCUT2D eigenvalue weighted by molar-refractivity contribution is 14.1. The average molecular weight is 346 g/mol. The molecule has 0 radical (unpaired) electrons. The van der Waals surface area contributed by atoms with E-state index >= 15 is 0 Å².